The van der Waals surface area contributed by atoms with Crippen LogP contribution in [-0.4, -0.2) is 71.0 Å². The van der Waals surface area contributed by atoms with Crippen molar-refractivity contribution in [1.29, 1.82) is 0 Å². The van der Waals surface area contributed by atoms with E-state index in [9.17, 15) is 9.59 Å². The number of hydrogen-bond acceptors (Lipinski definition) is 7. The van der Waals surface area contributed by atoms with Gasteiger partial charge < -0.3 is 15.5 Å². The SMILES string of the molecule is CN(C)CCc1cc(-c2nc(NCCN3C(=O)NC(C)(C)C3=O)ncc2Br)sc1Cl. The average molecular weight is 516 g/mol. The highest BCUT2D eigenvalue weighted by atomic mass is 79.9. The molecule has 3 heterocycles. The molecule has 0 aliphatic carbocycles. The van der Waals surface area contributed by atoms with E-state index in [-0.39, 0.29) is 18.5 Å². The molecule has 1 fully saturated rings. The van der Waals surface area contributed by atoms with E-state index in [4.69, 9.17) is 11.6 Å². The lowest BCUT2D eigenvalue weighted by molar-refractivity contribution is -0.130. The number of rotatable bonds is 8. The van der Waals surface area contributed by atoms with Gasteiger partial charge in [0.2, 0.25) is 5.95 Å². The normalized spacial score (nSPS) is 15.8. The van der Waals surface area contributed by atoms with E-state index < -0.39 is 5.54 Å². The zero-order valence-corrected chi connectivity index (χ0v) is 20.4. The number of nitrogens with zero attached hydrogens (tertiary/aromatic N) is 4. The van der Waals surface area contributed by atoms with Crippen molar-refractivity contribution < 1.29 is 9.59 Å². The zero-order chi connectivity index (χ0) is 22.1. The molecule has 0 atom stereocenters. The van der Waals surface area contributed by atoms with E-state index in [1.165, 1.54) is 16.2 Å². The van der Waals surface area contributed by atoms with Crippen LogP contribution in [0.1, 0.15) is 19.4 Å². The van der Waals surface area contributed by atoms with Gasteiger partial charge >= 0.3 is 6.03 Å². The molecule has 0 unspecified atom stereocenters. The Bertz CT molecular complexity index is 964. The molecule has 2 aromatic rings. The summed E-state index contributed by atoms with van der Waals surface area (Å²) in [5.74, 6) is 0.170. The highest BCUT2D eigenvalue weighted by Gasteiger charge is 2.43. The van der Waals surface area contributed by atoms with Crippen LogP contribution in [-0.2, 0) is 11.2 Å². The van der Waals surface area contributed by atoms with Gasteiger partial charge in [0.15, 0.2) is 0 Å². The second-order valence-electron chi connectivity index (χ2n) is 7.79. The number of nitrogens with one attached hydrogen (secondary N) is 2. The fourth-order valence-electron chi connectivity index (χ4n) is 2.96. The van der Waals surface area contributed by atoms with Crippen molar-refractivity contribution in [3.8, 4) is 10.6 Å². The second kappa shape index (κ2) is 9.17. The predicted molar refractivity (Wildman–Crippen MR) is 123 cm³/mol. The number of anilines is 1. The second-order valence-corrected chi connectivity index (χ2v) is 10.3. The number of carbonyl (C=O) groups excluding carboxylic acids is 2. The Morgan fingerprint density at radius 3 is 2.73 bits per heavy atom. The van der Waals surface area contributed by atoms with E-state index in [0.717, 1.165) is 37.9 Å². The molecule has 0 bridgehead atoms. The minimum atomic E-state index is -0.874. The fraction of sp³-hybridized carbons (Fsp3) is 0.474. The standard InChI is InChI=1S/C19H24BrClN6O2S/c1-19(2)16(28)27(18(29)25-19)8-6-22-17-23-10-12(20)14(24-17)13-9-11(15(21)30-13)5-7-26(3)4/h9-10H,5-8H2,1-4H3,(H,25,29)(H,22,23,24). The third-order valence-corrected chi connectivity index (χ3v) is 6.65. The van der Waals surface area contributed by atoms with Gasteiger partial charge in [-0.15, -0.1) is 11.3 Å². The summed E-state index contributed by atoms with van der Waals surface area (Å²) in [6.45, 7) is 4.85. The first-order valence-electron chi connectivity index (χ1n) is 9.42. The van der Waals surface area contributed by atoms with Crippen LogP contribution in [0.4, 0.5) is 10.7 Å². The Balaban J connectivity index is 1.68. The Morgan fingerprint density at radius 1 is 1.37 bits per heavy atom. The summed E-state index contributed by atoms with van der Waals surface area (Å²) in [6.07, 6.45) is 2.53. The van der Waals surface area contributed by atoms with E-state index >= 15 is 0 Å². The van der Waals surface area contributed by atoms with Gasteiger partial charge in [-0.1, -0.05) is 11.6 Å². The number of hydrogen-bond donors (Lipinski definition) is 2. The summed E-state index contributed by atoms with van der Waals surface area (Å²) < 4.78 is 1.52. The van der Waals surface area contributed by atoms with Crippen LogP contribution in [0, 0.1) is 0 Å². The molecule has 2 aromatic heterocycles. The molecule has 0 aromatic carbocycles. The van der Waals surface area contributed by atoms with Crippen molar-refractivity contribution in [3.63, 3.8) is 0 Å². The number of halogens is 2. The maximum absolute atomic E-state index is 12.3. The van der Waals surface area contributed by atoms with Crippen molar-refractivity contribution >= 4 is 56.8 Å². The molecule has 1 saturated heterocycles. The summed E-state index contributed by atoms with van der Waals surface area (Å²) in [5.41, 5.74) is 0.958. The van der Waals surface area contributed by atoms with Crippen molar-refractivity contribution in [2.45, 2.75) is 25.8 Å². The summed E-state index contributed by atoms with van der Waals surface area (Å²) >= 11 is 11.4. The van der Waals surface area contributed by atoms with E-state index in [1.807, 2.05) is 14.1 Å². The molecule has 0 spiro atoms. The summed E-state index contributed by atoms with van der Waals surface area (Å²) in [7, 11) is 4.06. The molecule has 162 valence electrons. The number of carbonyl (C=O) groups is 2. The van der Waals surface area contributed by atoms with Gasteiger partial charge in [-0.25, -0.2) is 14.8 Å². The van der Waals surface area contributed by atoms with Crippen LogP contribution in [0.2, 0.25) is 4.34 Å². The summed E-state index contributed by atoms with van der Waals surface area (Å²) in [5, 5.41) is 5.75. The first-order chi connectivity index (χ1) is 14.1. The van der Waals surface area contributed by atoms with Crippen LogP contribution in [0.5, 0.6) is 0 Å². The highest BCUT2D eigenvalue weighted by Crippen LogP contribution is 2.37. The summed E-state index contributed by atoms with van der Waals surface area (Å²) in [6, 6.07) is 1.67. The van der Waals surface area contributed by atoms with Gasteiger partial charge in [0.05, 0.1) is 13.7 Å². The van der Waals surface area contributed by atoms with Crippen LogP contribution >= 0.6 is 38.9 Å². The van der Waals surface area contributed by atoms with Crippen LogP contribution in [0.15, 0.2) is 16.7 Å². The van der Waals surface area contributed by atoms with Crippen molar-refractivity contribution in [2.24, 2.45) is 0 Å². The van der Waals surface area contributed by atoms with E-state index in [2.05, 4.69) is 47.5 Å². The molecular formula is C19H24BrClN6O2S. The highest BCUT2D eigenvalue weighted by molar-refractivity contribution is 9.10. The Morgan fingerprint density at radius 2 is 2.10 bits per heavy atom. The minimum Gasteiger partial charge on any atom is -0.352 e. The molecule has 1 aliphatic heterocycles. The number of likely N-dealkylation sites (N-methyl/N-ethyl adjacent to an activating group) is 1. The van der Waals surface area contributed by atoms with Gasteiger partial charge in [-0.05, 0) is 61.9 Å². The molecule has 2 N–H and O–H groups in total. The lowest BCUT2D eigenvalue weighted by Crippen LogP contribution is -2.40. The van der Waals surface area contributed by atoms with Gasteiger partial charge in [-0.3, -0.25) is 9.69 Å². The molecule has 3 rings (SSSR count). The number of aromatic nitrogens is 2. The van der Waals surface area contributed by atoms with Crippen LogP contribution in [0.25, 0.3) is 10.6 Å². The smallest absolute Gasteiger partial charge is 0.325 e. The van der Waals surface area contributed by atoms with Crippen molar-refractivity contribution in [3.05, 3.63) is 26.6 Å². The maximum atomic E-state index is 12.3. The Hall–Kier alpha value is -1.75. The number of urea groups is 1. The monoisotopic (exact) mass is 514 g/mol. The summed E-state index contributed by atoms with van der Waals surface area (Å²) in [4.78, 5) is 37.4. The Labute approximate surface area is 193 Å². The predicted octanol–water partition coefficient (Wildman–Crippen LogP) is 3.47. The molecule has 0 saturated carbocycles. The van der Waals surface area contributed by atoms with E-state index in [0.29, 0.717) is 12.5 Å². The van der Waals surface area contributed by atoms with Gasteiger partial charge in [0.1, 0.15) is 11.2 Å². The lowest BCUT2D eigenvalue weighted by atomic mass is 10.1. The van der Waals surface area contributed by atoms with Gasteiger partial charge in [-0.2, -0.15) is 0 Å². The molecule has 1 aliphatic rings. The zero-order valence-electron chi connectivity index (χ0n) is 17.3. The first kappa shape index (κ1) is 22.9. The third kappa shape index (κ3) is 5.11. The molecule has 8 nitrogen and oxygen atoms in total. The topological polar surface area (TPSA) is 90.5 Å². The van der Waals surface area contributed by atoms with Crippen molar-refractivity contribution in [1.82, 2.24) is 25.1 Å². The van der Waals surface area contributed by atoms with E-state index in [1.54, 1.807) is 20.0 Å². The molecule has 0 radical (unpaired) electrons. The molecule has 11 heteroatoms. The molecular weight excluding hydrogens is 492 g/mol. The van der Waals surface area contributed by atoms with Gasteiger partial charge in [0.25, 0.3) is 5.91 Å². The number of thiophene rings is 1. The lowest BCUT2D eigenvalue weighted by Gasteiger charge is -2.16. The fourth-order valence-corrected chi connectivity index (χ4v) is 4.84. The third-order valence-electron chi connectivity index (χ3n) is 4.63. The largest absolute Gasteiger partial charge is 0.352 e. The molecule has 30 heavy (non-hydrogen) atoms. The van der Waals surface area contributed by atoms with Gasteiger partial charge in [0, 0.05) is 25.8 Å². The number of amides is 3. The quantitative estimate of drug-likeness (QED) is 0.523. The Kier molecular flexibility index (Phi) is 7.01. The first-order valence-corrected chi connectivity index (χ1v) is 11.4. The minimum absolute atomic E-state index is 0.225. The van der Waals surface area contributed by atoms with Crippen molar-refractivity contribution in [2.75, 3.05) is 39.0 Å². The average Bonchev–Trinajstić information content (AvgIpc) is 3.12. The van der Waals surface area contributed by atoms with Crippen LogP contribution < -0.4 is 10.6 Å². The number of imide groups is 1. The van der Waals surface area contributed by atoms with Crippen LogP contribution in [0.3, 0.4) is 0 Å². The molecule has 3 amide bonds. The maximum Gasteiger partial charge on any atom is 0.325 e.